The average Bonchev–Trinajstić information content (AvgIpc) is 3.45. The van der Waals surface area contributed by atoms with Crippen molar-refractivity contribution in [2.24, 2.45) is 0 Å². The van der Waals surface area contributed by atoms with Crippen molar-refractivity contribution in [3.8, 4) is 0 Å². The molecule has 3 aromatic rings. The van der Waals surface area contributed by atoms with Gasteiger partial charge in [0.15, 0.2) is 0 Å². The van der Waals surface area contributed by atoms with Crippen molar-refractivity contribution in [3.05, 3.63) is 94.2 Å². The topological polar surface area (TPSA) is 86.8 Å². The van der Waals surface area contributed by atoms with E-state index in [-0.39, 0.29) is 29.1 Å². The molecule has 0 spiro atoms. The molecule has 0 radical (unpaired) electrons. The van der Waals surface area contributed by atoms with Gasteiger partial charge >= 0.3 is 0 Å². The Kier molecular flexibility index (Phi) is 9.71. The number of anilines is 1. The third-order valence-corrected chi connectivity index (χ3v) is 9.48. The maximum Gasteiger partial charge on any atom is 0.264 e. The summed E-state index contributed by atoms with van der Waals surface area (Å²) in [4.78, 5) is 28.3. The maximum absolute atomic E-state index is 14.0. The smallest absolute Gasteiger partial charge is 0.264 e. The molecule has 0 aliphatic heterocycles. The molecular formula is C29H30Cl2FN3O4S. The molecule has 0 bridgehead atoms. The molecule has 1 saturated carbocycles. The number of halogens is 3. The van der Waals surface area contributed by atoms with Gasteiger partial charge in [0, 0.05) is 28.2 Å². The molecular weight excluding hydrogens is 576 g/mol. The lowest BCUT2D eigenvalue weighted by molar-refractivity contribution is -0.139. The van der Waals surface area contributed by atoms with Crippen LogP contribution in [0.5, 0.6) is 0 Å². The number of hydrogen-bond acceptors (Lipinski definition) is 4. The van der Waals surface area contributed by atoms with E-state index in [1.54, 1.807) is 55.5 Å². The minimum atomic E-state index is -4.29. The van der Waals surface area contributed by atoms with Crippen LogP contribution in [0.2, 0.25) is 10.0 Å². The fourth-order valence-electron chi connectivity index (χ4n) is 4.69. The number of hydrogen-bond donors (Lipinski definition) is 1. The molecule has 1 atom stereocenters. The first kappa shape index (κ1) is 29.8. The zero-order chi connectivity index (χ0) is 28.9. The summed E-state index contributed by atoms with van der Waals surface area (Å²) in [6.45, 7) is 0.858. The molecule has 1 fully saturated rings. The fraction of sp³-hybridized carbons (Fsp3) is 0.310. The first-order valence-electron chi connectivity index (χ1n) is 12.9. The van der Waals surface area contributed by atoms with Crippen LogP contribution in [0, 0.1) is 5.82 Å². The number of carbonyl (C=O) groups excluding carboxylic acids is 2. The van der Waals surface area contributed by atoms with Gasteiger partial charge in [0.25, 0.3) is 10.0 Å². The van der Waals surface area contributed by atoms with E-state index >= 15 is 0 Å². The Bertz CT molecular complexity index is 1430. The molecule has 40 heavy (non-hydrogen) atoms. The Labute approximate surface area is 243 Å². The Balaban J connectivity index is 1.69. The monoisotopic (exact) mass is 605 g/mol. The third-order valence-electron chi connectivity index (χ3n) is 6.98. The third kappa shape index (κ3) is 6.95. The van der Waals surface area contributed by atoms with Crippen LogP contribution in [0.25, 0.3) is 0 Å². The van der Waals surface area contributed by atoms with Gasteiger partial charge in [0.2, 0.25) is 11.8 Å². The quantitative estimate of drug-likeness (QED) is 0.316. The fourth-order valence-corrected chi connectivity index (χ4v) is 6.62. The zero-order valence-electron chi connectivity index (χ0n) is 21.9. The summed E-state index contributed by atoms with van der Waals surface area (Å²) in [6.07, 6.45) is 3.76. The van der Waals surface area contributed by atoms with Gasteiger partial charge in [0.05, 0.1) is 10.6 Å². The summed E-state index contributed by atoms with van der Waals surface area (Å²) in [5.41, 5.74) is 0.673. The van der Waals surface area contributed by atoms with E-state index in [2.05, 4.69) is 5.32 Å². The van der Waals surface area contributed by atoms with E-state index in [4.69, 9.17) is 23.2 Å². The maximum atomic E-state index is 14.0. The largest absolute Gasteiger partial charge is 0.352 e. The molecule has 7 nitrogen and oxygen atoms in total. The highest BCUT2D eigenvalue weighted by molar-refractivity contribution is 7.92. The molecule has 11 heteroatoms. The van der Waals surface area contributed by atoms with E-state index in [0.717, 1.165) is 54.3 Å². The molecule has 3 aromatic carbocycles. The summed E-state index contributed by atoms with van der Waals surface area (Å²) < 4.78 is 41.9. The van der Waals surface area contributed by atoms with Crippen molar-refractivity contribution in [1.82, 2.24) is 10.2 Å². The minimum Gasteiger partial charge on any atom is -0.352 e. The average molecular weight is 607 g/mol. The summed E-state index contributed by atoms with van der Waals surface area (Å²) in [7, 11) is -4.29. The van der Waals surface area contributed by atoms with Gasteiger partial charge in [-0.25, -0.2) is 12.8 Å². The van der Waals surface area contributed by atoms with Crippen LogP contribution in [0.4, 0.5) is 10.1 Å². The number of nitrogens with one attached hydrogen (secondary N) is 1. The van der Waals surface area contributed by atoms with E-state index in [9.17, 15) is 22.4 Å². The van der Waals surface area contributed by atoms with Gasteiger partial charge in [-0.05, 0) is 68.3 Å². The predicted molar refractivity (Wildman–Crippen MR) is 154 cm³/mol. The summed E-state index contributed by atoms with van der Waals surface area (Å²) >= 11 is 12.8. The minimum absolute atomic E-state index is 0.0236. The highest BCUT2D eigenvalue weighted by atomic mass is 35.5. The van der Waals surface area contributed by atoms with Crippen molar-refractivity contribution >= 4 is 50.7 Å². The molecule has 0 heterocycles. The molecule has 0 saturated heterocycles. The number of para-hydroxylation sites is 1. The second kappa shape index (κ2) is 13.0. The van der Waals surface area contributed by atoms with Gasteiger partial charge in [-0.3, -0.25) is 13.9 Å². The van der Waals surface area contributed by atoms with Crippen molar-refractivity contribution in [2.45, 2.75) is 56.1 Å². The second-order valence-corrected chi connectivity index (χ2v) is 12.4. The van der Waals surface area contributed by atoms with E-state index in [0.29, 0.717) is 15.6 Å². The molecule has 1 N–H and O–H groups in total. The number of rotatable bonds is 10. The number of carbonyl (C=O) groups is 2. The van der Waals surface area contributed by atoms with Crippen molar-refractivity contribution < 1.29 is 22.4 Å². The Hall–Kier alpha value is -3.14. The normalized spacial score (nSPS) is 14.5. The molecule has 212 valence electrons. The molecule has 2 amide bonds. The first-order valence-corrected chi connectivity index (χ1v) is 15.1. The van der Waals surface area contributed by atoms with Gasteiger partial charge in [-0.2, -0.15) is 0 Å². The van der Waals surface area contributed by atoms with Crippen LogP contribution in [0.1, 0.15) is 38.2 Å². The Morgan fingerprint density at radius 2 is 1.55 bits per heavy atom. The lowest BCUT2D eigenvalue weighted by Gasteiger charge is -2.33. The van der Waals surface area contributed by atoms with Crippen molar-refractivity contribution in [3.63, 3.8) is 0 Å². The molecule has 1 aliphatic carbocycles. The molecule has 4 rings (SSSR count). The van der Waals surface area contributed by atoms with E-state index < -0.39 is 34.3 Å². The zero-order valence-corrected chi connectivity index (χ0v) is 24.2. The lowest BCUT2D eigenvalue weighted by Crippen LogP contribution is -2.52. The Morgan fingerprint density at radius 3 is 2.15 bits per heavy atom. The molecule has 1 unspecified atom stereocenters. The van der Waals surface area contributed by atoms with Crippen molar-refractivity contribution in [1.29, 1.82) is 0 Å². The lowest BCUT2D eigenvalue weighted by atomic mass is 10.1. The number of benzene rings is 3. The van der Waals surface area contributed by atoms with Crippen molar-refractivity contribution in [2.75, 3.05) is 10.8 Å². The van der Waals surface area contributed by atoms with E-state index in [1.807, 2.05) is 0 Å². The van der Waals surface area contributed by atoms with Gasteiger partial charge in [-0.1, -0.05) is 60.3 Å². The molecule has 0 aromatic heterocycles. The van der Waals surface area contributed by atoms with Crippen LogP contribution < -0.4 is 9.62 Å². The summed E-state index contributed by atoms with van der Waals surface area (Å²) in [5, 5.41) is 3.63. The summed E-state index contributed by atoms with van der Waals surface area (Å²) in [5.74, 6) is -1.58. The number of sulfonamides is 1. The predicted octanol–water partition coefficient (Wildman–Crippen LogP) is 5.80. The standard InChI is InChI=1S/C29H30Cl2FN3O4S/c1-20(29(37)33-22-8-5-6-9-22)34(18-25-26(30)12-7-13-27(25)31)28(36)19-35(23-10-3-2-4-11-23)40(38,39)24-16-14-21(32)15-17-24/h2-4,7,10-17,20,22H,5-6,8-9,18-19H2,1H3,(H,33,37). The number of amides is 2. The summed E-state index contributed by atoms with van der Waals surface area (Å²) in [6, 6.07) is 16.5. The van der Waals surface area contributed by atoms with E-state index in [1.165, 1.54) is 4.90 Å². The molecule has 1 aliphatic rings. The Morgan fingerprint density at radius 1 is 0.950 bits per heavy atom. The van der Waals surface area contributed by atoms with Gasteiger partial charge in [0.1, 0.15) is 18.4 Å². The van der Waals surface area contributed by atoms with Crippen LogP contribution in [0.3, 0.4) is 0 Å². The van der Waals surface area contributed by atoms with Crippen LogP contribution in [0.15, 0.2) is 77.7 Å². The first-order chi connectivity index (χ1) is 19.1. The SMILES string of the molecule is CC(C(=O)NC1CCCC1)N(Cc1c(Cl)cccc1Cl)C(=O)CN(c1ccccc1)S(=O)(=O)c1ccc(F)cc1. The second-order valence-electron chi connectivity index (χ2n) is 9.69. The van der Waals surface area contributed by atoms with Crippen LogP contribution >= 0.6 is 23.2 Å². The highest BCUT2D eigenvalue weighted by Crippen LogP contribution is 2.28. The van der Waals surface area contributed by atoms with Crippen LogP contribution in [-0.4, -0.2) is 43.8 Å². The van der Waals surface area contributed by atoms with Gasteiger partial charge < -0.3 is 10.2 Å². The highest BCUT2D eigenvalue weighted by Gasteiger charge is 2.34. The number of nitrogens with zero attached hydrogens (tertiary/aromatic N) is 2. The van der Waals surface area contributed by atoms with Crippen LogP contribution in [-0.2, 0) is 26.2 Å². The van der Waals surface area contributed by atoms with Gasteiger partial charge in [-0.15, -0.1) is 0 Å².